The van der Waals surface area contributed by atoms with Gasteiger partial charge in [-0.15, -0.1) is 11.3 Å². The molecule has 4 rings (SSSR count). The Balaban J connectivity index is 1.48. The molecule has 162 valence electrons. The summed E-state index contributed by atoms with van der Waals surface area (Å²) in [6, 6.07) is 6.93. The van der Waals surface area contributed by atoms with E-state index in [-0.39, 0.29) is 11.5 Å². The van der Waals surface area contributed by atoms with E-state index in [1.54, 1.807) is 29.7 Å². The number of fused-ring (bicyclic) bond motifs is 2. The van der Waals surface area contributed by atoms with Gasteiger partial charge >= 0.3 is 0 Å². The number of hydrazine groups is 1. The predicted octanol–water partition coefficient (Wildman–Crippen LogP) is 3.52. The van der Waals surface area contributed by atoms with Gasteiger partial charge in [-0.2, -0.15) is 0 Å². The van der Waals surface area contributed by atoms with Crippen LogP contribution in [0.1, 0.15) is 68.8 Å². The zero-order chi connectivity index (χ0) is 22.0. The predicted molar refractivity (Wildman–Crippen MR) is 122 cm³/mol. The van der Waals surface area contributed by atoms with E-state index in [0.717, 1.165) is 25.7 Å². The van der Waals surface area contributed by atoms with E-state index in [0.29, 0.717) is 33.7 Å². The number of rotatable bonds is 3. The lowest BCUT2D eigenvalue weighted by Crippen LogP contribution is -2.41. The molecule has 1 aromatic carbocycles. The Bertz CT molecular complexity index is 1190. The van der Waals surface area contributed by atoms with E-state index in [1.807, 2.05) is 13.0 Å². The average Bonchev–Trinajstić information content (AvgIpc) is 3.14. The molecule has 0 spiro atoms. The molecule has 3 aromatic rings. The summed E-state index contributed by atoms with van der Waals surface area (Å²) in [5, 5.41) is 0. The van der Waals surface area contributed by atoms with Crippen LogP contribution in [0.5, 0.6) is 0 Å². The van der Waals surface area contributed by atoms with E-state index in [4.69, 9.17) is 0 Å². The van der Waals surface area contributed by atoms with Crippen molar-refractivity contribution in [1.29, 1.82) is 0 Å². The summed E-state index contributed by atoms with van der Waals surface area (Å²) in [6.07, 6.45) is 6.82. The molecule has 0 radical (unpaired) electrons. The highest BCUT2D eigenvalue weighted by Gasteiger charge is 2.17. The largest absolute Gasteiger partial charge is 0.305 e. The van der Waals surface area contributed by atoms with Crippen LogP contribution >= 0.6 is 11.3 Å². The van der Waals surface area contributed by atoms with E-state index < -0.39 is 5.91 Å². The van der Waals surface area contributed by atoms with Gasteiger partial charge in [-0.1, -0.05) is 12.8 Å². The third-order valence-corrected chi connectivity index (χ3v) is 6.93. The maximum Gasteiger partial charge on any atom is 0.279 e. The van der Waals surface area contributed by atoms with Crippen molar-refractivity contribution < 1.29 is 9.59 Å². The molecule has 31 heavy (non-hydrogen) atoms. The first kappa shape index (κ1) is 21.2. The van der Waals surface area contributed by atoms with E-state index in [9.17, 15) is 14.4 Å². The van der Waals surface area contributed by atoms with E-state index in [1.165, 1.54) is 34.6 Å². The van der Waals surface area contributed by atoms with Crippen LogP contribution in [-0.2, 0) is 19.4 Å². The van der Waals surface area contributed by atoms with Gasteiger partial charge < -0.3 is 4.57 Å². The maximum absolute atomic E-state index is 12.6. The number of carbonyl (C=O) groups is 2. The van der Waals surface area contributed by atoms with Crippen LogP contribution in [0.4, 0.5) is 0 Å². The summed E-state index contributed by atoms with van der Waals surface area (Å²) in [6.45, 7) is 4.07. The van der Waals surface area contributed by atoms with E-state index in [2.05, 4.69) is 15.8 Å². The van der Waals surface area contributed by atoms with Gasteiger partial charge in [-0.05, 0) is 69.4 Å². The van der Waals surface area contributed by atoms with Gasteiger partial charge in [0, 0.05) is 17.0 Å². The third-order valence-electron chi connectivity index (χ3n) is 5.70. The molecule has 0 saturated heterocycles. The lowest BCUT2D eigenvalue weighted by molar-refractivity contribution is 0.0849. The summed E-state index contributed by atoms with van der Waals surface area (Å²) < 4.78 is 1.63. The smallest absolute Gasteiger partial charge is 0.279 e. The first-order valence-corrected chi connectivity index (χ1v) is 11.5. The second kappa shape index (κ2) is 9.01. The minimum Gasteiger partial charge on any atom is -0.305 e. The normalized spacial score (nSPS) is 13.9. The molecule has 0 atom stereocenters. The third kappa shape index (κ3) is 4.39. The highest BCUT2D eigenvalue weighted by Crippen LogP contribution is 2.28. The van der Waals surface area contributed by atoms with Crippen molar-refractivity contribution in [3.05, 3.63) is 61.2 Å². The number of carbonyl (C=O) groups excluding carboxylic acids is 2. The number of amides is 2. The highest BCUT2D eigenvalue weighted by atomic mass is 32.1. The molecule has 2 amide bonds. The van der Waals surface area contributed by atoms with Crippen LogP contribution in [-0.4, -0.2) is 21.4 Å². The summed E-state index contributed by atoms with van der Waals surface area (Å²) in [4.78, 5) is 43.6. The molecule has 0 bridgehead atoms. The molecule has 2 N–H and O–H groups in total. The molecule has 0 unspecified atom stereocenters. The number of aryl methyl sites for hydroxylation is 4. The van der Waals surface area contributed by atoms with Crippen LogP contribution < -0.4 is 16.4 Å². The number of thiophene rings is 1. The molecule has 7 nitrogen and oxygen atoms in total. The highest BCUT2D eigenvalue weighted by molar-refractivity contribution is 7.14. The minimum absolute atomic E-state index is 0.135. The number of nitrogens with zero attached hydrogens (tertiary/aromatic N) is 2. The number of aromatic nitrogens is 2. The zero-order valence-electron chi connectivity index (χ0n) is 17.8. The fourth-order valence-corrected chi connectivity index (χ4v) is 5.18. The molecule has 0 aliphatic heterocycles. The van der Waals surface area contributed by atoms with Crippen molar-refractivity contribution in [3.63, 3.8) is 0 Å². The molecule has 0 saturated carbocycles. The van der Waals surface area contributed by atoms with Crippen LogP contribution in [0, 0.1) is 6.92 Å². The second-order valence-electron chi connectivity index (χ2n) is 7.83. The Morgan fingerprint density at radius 2 is 1.81 bits per heavy atom. The molecular weight excluding hydrogens is 412 g/mol. The molecule has 0 fully saturated rings. The Morgan fingerprint density at radius 3 is 2.58 bits per heavy atom. The number of nitrogens with one attached hydrogen (secondary N) is 2. The number of hydrogen-bond acceptors (Lipinski definition) is 5. The first-order chi connectivity index (χ1) is 15.0. The van der Waals surface area contributed by atoms with Crippen LogP contribution in [0.15, 0.2) is 29.1 Å². The lowest BCUT2D eigenvalue weighted by Gasteiger charge is -2.10. The molecule has 2 heterocycles. The van der Waals surface area contributed by atoms with Gasteiger partial charge in [-0.25, -0.2) is 4.98 Å². The van der Waals surface area contributed by atoms with Gasteiger partial charge in [0.25, 0.3) is 17.4 Å². The SMILES string of the molecule is CCn1c(=O)c(C)nc2cc(C(=O)NNC(=O)c3cc4c(s3)CCCCCC4)ccc21. The van der Waals surface area contributed by atoms with Crippen molar-refractivity contribution in [2.75, 3.05) is 0 Å². The fraction of sp³-hybridized carbons (Fsp3) is 0.391. The van der Waals surface area contributed by atoms with Crippen LogP contribution in [0.2, 0.25) is 0 Å². The van der Waals surface area contributed by atoms with Gasteiger partial charge in [-0.3, -0.25) is 25.2 Å². The molecular formula is C23H26N4O3S. The Morgan fingerprint density at radius 1 is 1.06 bits per heavy atom. The number of hydrogen-bond donors (Lipinski definition) is 2. The van der Waals surface area contributed by atoms with Crippen molar-refractivity contribution in [3.8, 4) is 0 Å². The quantitative estimate of drug-likeness (QED) is 0.612. The monoisotopic (exact) mass is 438 g/mol. The molecule has 2 aromatic heterocycles. The summed E-state index contributed by atoms with van der Waals surface area (Å²) >= 11 is 1.52. The summed E-state index contributed by atoms with van der Waals surface area (Å²) in [5.41, 5.74) is 8.13. The van der Waals surface area contributed by atoms with Crippen molar-refractivity contribution in [1.82, 2.24) is 20.4 Å². The summed E-state index contributed by atoms with van der Waals surface area (Å²) in [5.74, 6) is -0.737. The zero-order valence-corrected chi connectivity index (χ0v) is 18.6. The molecule has 1 aliphatic rings. The average molecular weight is 439 g/mol. The van der Waals surface area contributed by atoms with Gasteiger partial charge in [0.1, 0.15) is 5.69 Å². The fourth-order valence-electron chi connectivity index (χ4n) is 4.03. The molecule has 8 heteroatoms. The minimum atomic E-state index is -0.432. The first-order valence-electron chi connectivity index (χ1n) is 10.7. The van der Waals surface area contributed by atoms with Crippen molar-refractivity contribution in [2.24, 2.45) is 0 Å². The topological polar surface area (TPSA) is 93.1 Å². The van der Waals surface area contributed by atoms with Gasteiger partial charge in [0.05, 0.1) is 15.9 Å². The Hall–Kier alpha value is -3.00. The van der Waals surface area contributed by atoms with Crippen molar-refractivity contribution in [2.45, 2.75) is 58.9 Å². The second-order valence-corrected chi connectivity index (χ2v) is 8.97. The van der Waals surface area contributed by atoms with Gasteiger partial charge in [0.15, 0.2) is 0 Å². The van der Waals surface area contributed by atoms with Crippen molar-refractivity contribution >= 4 is 34.2 Å². The van der Waals surface area contributed by atoms with Gasteiger partial charge in [0.2, 0.25) is 0 Å². The number of benzene rings is 1. The van der Waals surface area contributed by atoms with E-state index >= 15 is 0 Å². The standard InChI is InChI=1S/C23H26N4O3S/c1-3-27-18-11-10-16(12-17(18)24-14(2)23(27)30)21(28)25-26-22(29)20-13-15-8-6-4-5-7-9-19(15)31-20/h10-13H,3-9H2,1-2H3,(H,25,28)(H,26,29). The van der Waals surface area contributed by atoms with Crippen LogP contribution in [0.25, 0.3) is 11.0 Å². The summed E-state index contributed by atoms with van der Waals surface area (Å²) in [7, 11) is 0. The van der Waals surface area contributed by atoms with Crippen LogP contribution in [0.3, 0.4) is 0 Å². The molecule has 1 aliphatic carbocycles. The Labute approximate surface area is 184 Å². The maximum atomic E-state index is 12.6. The Kier molecular flexibility index (Phi) is 6.18. The lowest BCUT2D eigenvalue weighted by atomic mass is 10.00.